The topological polar surface area (TPSA) is 92.8 Å². The van der Waals surface area contributed by atoms with E-state index >= 15 is 0 Å². The molecule has 0 bridgehead atoms. The van der Waals surface area contributed by atoms with Gasteiger partial charge < -0.3 is 20.7 Å². The van der Waals surface area contributed by atoms with Crippen LogP contribution in [0.1, 0.15) is 6.42 Å². The molecule has 0 aromatic rings. The quantitative estimate of drug-likeness (QED) is 0.473. The molecule has 0 amide bonds. The minimum absolute atomic E-state index is 0.0170. The highest BCUT2D eigenvalue weighted by atomic mass is 16.5. The fourth-order valence-electron chi connectivity index (χ4n) is 0.654. The molecule has 0 aromatic carbocycles. The molecule has 0 saturated carbocycles. The van der Waals surface area contributed by atoms with Gasteiger partial charge in [0.1, 0.15) is 6.04 Å². The first-order valence-corrected chi connectivity index (χ1v) is 3.23. The van der Waals surface area contributed by atoms with Crippen LogP contribution in [0.15, 0.2) is 0 Å². The molecule has 0 aliphatic rings. The second-order valence-corrected chi connectivity index (χ2v) is 2.29. The van der Waals surface area contributed by atoms with Gasteiger partial charge in [-0.15, -0.1) is 0 Å². The summed E-state index contributed by atoms with van der Waals surface area (Å²) in [4.78, 5) is 10.2. The Balaban J connectivity index is 3.56. The molecule has 5 heteroatoms. The van der Waals surface area contributed by atoms with E-state index in [1.807, 2.05) is 0 Å². The number of hydrogen-bond acceptors (Lipinski definition) is 4. The van der Waals surface area contributed by atoms with Crippen LogP contribution < -0.4 is 5.73 Å². The largest absolute Gasteiger partial charge is 0.480 e. The van der Waals surface area contributed by atoms with Crippen molar-refractivity contribution in [3.63, 3.8) is 0 Å². The molecule has 0 aliphatic heterocycles. The van der Waals surface area contributed by atoms with Gasteiger partial charge >= 0.3 is 5.97 Å². The van der Waals surface area contributed by atoms with Gasteiger partial charge in [-0.3, -0.25) is 4.79 Å². The van der Waals surface area contributed by atoms with E-state index in [0.717, 1.165) is 0 Å². The zero-order valence-electron chi connectivity index (χ0n) is 6.36. The number of nitrogens with two attached hydrogens (primary N) is 1. The molecule has 2 atom stereocenters. The van der Waals surface area contributed by atoms with E-state index in [0.29, 0.717) is 0 Å². The number of aliphatic hydroxyl groups excluding tert-OH is 1. The maximum atomic E-state index is 10.2. The van der Waals surface area contributed by atoms with Gasteiger partial charge in [-0.2, -0.15) is 0 Å². The predicted octanol–water partition coefficient (Wildman–Crippen LogP) is -1.20. The minimum Gasteiger partial charge on any atom is -0.480 e. The third-order valence-corrected chi connectivity index (χ3v) is 1.20. The Kier molecular flexibility index (Phi) is 4.76. The lowest BCUT2D eigenvalue weighted by Crippen LogP contribution is -2.35. The molecule has 11 heavy (non-hydrogen) atoms. The number of aliphatic carboxylic acids is 1. The second kappa shape index (κ2) is 5.06. The first-order chi connectivity index (χ1) is 5.07. The van der Waals surface area contributed by atoms with Crippen molar-refractivity contribution in [2.75, 3.05) is 13.7 Å². The molecular weight excluding hydrogens is 150 g/mol. The Morgan fingerprint density at radius 3 is 2.64 bits per heavy atom. The summed E-state index contributed by atoms with van der Waals surface area (Å²) >= 11 is 0. The third-order valence-electron chi connectivity index (χ3n) is 1.20. The van der Waals surface area contributed by atoms with E-state index in [1.165, 1.54) is 7.11 Å². The summed E-state index contributed by atoms with van der Waals surface area (Å²) in [6.45, 7) is 0.112. The van der Waals surface area contributed by atoms with Crippen LogP contribution in [0, 0.1) is 0 Å². The van der Waals surface area contributed by atoms with E-state index in [-0.39, 0.29) is 13.0 Å². The smallest absolute Gasteiger partial charge is 0.320 e. The Morgan fingerprint density at radius 1 is 1.73 bits per heavy atom. The molecule has 4 N–H and O–H groups in total. The monoisotopic (exact) mass is 163 g/mol. The van der Waals surface area contributed by atoms with Gasteiger partial charge in [0, 0.05) is 13.5 Å². The van der Waals surface area contributed by atoms with Crippen molar-refractivity contribution in [1.29, 1.82) is 0 Å². The van der Waals surface area contributed by atoms with Gasteiger partial charge in [-0.1, -0.05) is 0 Å². The SMILES string of the molecule is COCC(O)C[C@H](N)C(=O)O. The summed E-state index contributed by atoms with van der Waals surface area (Å²) in [5.74, 6) is -1.11. The summed E-state index contributed by atoms with van der Waals surface area (Å²) in [7, 11) is 1.43. The average Bonchev–Trinajstić information content (AvgIpc) is 1.87. The number of carboxylic acid groups (broad SMARTS) is 1. The van der Waals surface area contributed by atoms with E-state index in [9.17, 15) is 4.79 Å². The molecule has 0 fully saturated rings. The molecular formula is C6H13NO4. The molecule has 0 radical (unpaired) electrons. The molecule has 66 valence electrons. The van der Waals surface area contributed by atoms with Crippen molar-refractivity contribution in [3.05, 3.63) is 0 Å². The van der Waals surface area contributed by atoms with Crippen LogP contribution in [-0.2, 0) is 9.53 Å². The van der Waals surface area contributed by atoms with Gasteiger partial charge in [0.15, 0.2) is 0 Å². The van der Waals surface area contributed by atoms with Crippen molar-refractivity contribution < 1.29 is 19.7 Å². The van der Waals surface area contributed by atoms with Gasteiger partial charge in [-0.05, 0) is 0 Å². The lowest BCUT2D eigenvalue weighted by molar-refractivity contribution is -0.139. The number of carbonyl (C=O) groups is 1. The second-order valence-electron chi connectivity index (χ2n) is 2.29. The maximum Gasteiger partial charge on any atom is 0.320 e. The normalized spacial score (nSPS) is 15.9. The van der Waals surface area contributed by atoms with E-state index in [1.54, 1.807) is 0 Å². The highest BCUT2D eigenvalue weighted by molar-refractivity contribution is 5.73. The number of aliphatic hydroxyl groups is 1. The Hall–Kier alpha value is -0.650. The molecule has 5 nitrogen and oxygen atoms in total. The lowest BCUT2D eigenvalue weighted by Gasteiger charge is -2.11. The molecule has 0 rings (SSSR count). The fourth-order valence-corrected chi connectivity index (χ4v) is 0.654. The summed E-state index contributed by atoms with van der Waals surface area (Å²) in [5, 5.41) is 17.3. The molecule has 1 unspecified atom stereocenters. The van der Waals surface area contributed by atoms with Crippen molar-refractivity contribution in [2.24, 2.45) is 5.73 Å². The van der Waals surface area contributed by atoms with E-state index < -0.39 is 18.1 Å². The van der Waals surface area contributed by atoms with Crippen LogP contribution in [0.3, 0.4) is 0 Å². The highest BCUT2D eigenvalue weighted by Crippen LogP contribution is 1.96. The van der Waals surface area contributed by atoms with E-state index in [4.69, 9.17) is 15.9 Å². The number of methoxy groups -OCH3 is 1. The number of hydrogen-bond donors (Lipinski definition) is 3. The highest BCUT2D eigenvalue weighted by Gasteiger charge is 2.16. The van der Waals surface area contributed by atoms with Crippen molar-refractivity contribution >= 4 is 5.97 Å². The minimum atomic E-state index is -1.11. The van der Waals surface area contributed by atoms with Crippen molar-refractivity contribution in [1.82, 2.24) is 0 Å². The first-order valence-electron chi connectivity index (χ1n) is 3.23. The van der Waals surface area contributed by atoms with E-state index in [2.05, 4.69) is 4.74 Å². The number of rotatable bonds is 5. The number of carboxylic acids is 1. The van der Waals surface area contributed by atoms with Crippen LogP contribution in [0.25, 0.3) is 0 Å². The van der Waals surface area contributed by atoms with Crippen molar-refractivity contribution in [3.8, 4) is 0 Å². The van der Waals surface area contributed by atoms with Crippen molar-refractivity contribution in [2.45, 2.75) is 18.6 Å². The summed E-state index contributed by atoms with van der Waals surface area (Å²) in [6.07, 6.45) is -0.783. The average molecular weight is 163 g/mol. The Bertz CT molecular complexity index is 128. The lowest BCUT2D eigenvalue weighted by atomic mass is 10.1. The predicted molar refractivity (Wildman–Crippen MR) is 38.1 cm³/mol. The first kappa shape index (κ1) is 10.3. The summed E-state index contributed by atoms with van der Waals surface area (Å²) < 4.78 is 4.59. The molecule has 0 heterocycles. The van der Waals surface area contributed by atoms with Gasteiger partial charge in [0.05, 0.1) is 12.7 Å². The number of ether oxygens (including phenoxy) is 1. The van der Waals surface area contributed by atoms with Gasteiger partial charge in [0.2, 0.25) is 0 Å². The van der Waals surface area contributed by atoms with Crippen LogP contribution >= 0.6 is 0 Å². The summed E-state index contributed by atoms with van der Waals surface area (Å²) in [5.41, 5.74) is 5.13. The summed E-state index contributed by atoms with van der Waals surface area (Å²) in [6, 6.07) is -1.01. The van der Waals surface area contributed by atoms with Gasteiger partial charge in [-0.25, -0.2) is 0 Å². The molecule has 0 aromatic heterocycles. The molecule has 0 spiro atoms. The zero-order valence-corrected chi connectivity index (χ0v) is 6.36. The Labute approximate surface area is 64.8 Å². The van der Waals surface area contributed by atoms with Crippen LogP contribution in [-0.4, -0.2) is 42.0 Å². The van der Waals surface area contributed by atoms with Gasteiger partial charge in [0.25, 0.3) is 0 Å². The van der Waals surface area contributed by atoms with Crippen LogP contribution in [0.2, 0.25) is 0 Å². The molecule has 0 aliphatic carbocycles. The maximum absolute atomic E-state index is 10.2. The van der Waals surface area contributed by atoms with Crippen LogP contribution in [0.4, 0.5) is 0 Å². The molecule has 0 saturated heterocycles. The zero-order chi connectivity index (χ0) is 8.85. The van der Waals surface area contributed by atoms with Crippen LogP contribution in [0.5, 0.6) is 0 Å². The third kappa shape index (κ3) is 4.72. The standard InChI is InChI=1S/C6H13NO4/c1-11-3-4(8)2-5(7)6(9)10/h4-5,8H,2-3,7H2,1H3,(H,9,10)/t4?,5-/m0/s1. The Morgan fingerprint density at radius 2 is 2.27 bits per heavy atom. The fraction of sp³-hybridized carbons (Fsp3) is 0.833.